The normalized spacial score (nSPS) is 17.5. The van der Waals surface area contributed by atoms with Crippen LogP contribution in [0.2, 0.25) is 0 Å². The summed E-state index contributed by atoms with van der Waals surface area (Å²) in [5, 5.41) is 15.3. The minimum Gasteiger partial charge on any atom is -0.493 e. The van der Waals surface area contributed by atoms with Crippen LogP contribution in [0, 0.1) is 5.41 Å². The van der Waals surface area contributed by atoms with Gasteiger partial charge < -0.3 is 13.9 Å². The lowest BCUT2D eigenvalue weighted by molar-refractivity contribution is -0.114. The molecule has 2 aromatic rings. The zero-order valence-corrected chi connectivity index (χ0v) is 15.9. The average molecular weight is 396 g/mol. The first kappa shape index (κ1) is 18.1. The number of carbonyl (C=O) groups excluding carboxylic acids is 1. The summed E-state index contributed by atoms with van der Waals surface area (Å²) in [6, 6.07) is 9.04. The molecule has 28 heavy (non-hydrogen) atoms. The van der Waals surface area contributed by atoms with Crippen LogP contribution in [0.4, 0.5) is 0 Å². The fraction of sp³-hybridized carbons (Fsp3) is 0.158. The molecule has 0 unspecified atom stereocenters. The van der Waals surface area contributed by atoms with Crippen LogP contribution in [-0.4, -0.2) is 41.2 Å². The molecule has 1 amide bonds. The monoisotopic (exact) mass is 396 g/mol. The molecule has 9 heteroatoms. The number of hydrazone groups is 1. The number of methoxy groups -OCH3 is 2. The number of rotatable bonds is 5. The van der Waals surface area contributed by atoms with E-state index in [2.05, 4.69) is 10.1 Å². The van der Waals surface area contributed by atoms with Gasteiger partial charge in [-0.2, -0.15) is 15.1 Å². The number of benzene rings is 1. The lowest BCUT2D eigenvalue weighted by Crippen LogP contribution is -2.35. The van der Waals surface area contributed by atoms with Crippen LogP contribution >= 0.6 is 11.8 Å². The first-order valence-electron chi connectivity index (χ1n) is 8.32. The second kappa shape index (κ2) is 7.35. The van der Waals surface area contributed by atoms with Crippen LogP contribution in [0.3, 0.4) is 0 Å². The maximum atomic E-state index is 12.3. The van der Waals surface area contributed by atoms with Gasteiger partial charge in [0.25, 0.3) is 5.91 Å². The maximum absolute atomic E-state index is 12.3. The third-order valence-electron chi connectivity index (χ3n) is 4.13. The highest BCUT2D eigenvalue weighted by atomic mass is 32.2. The number of nitrogens with zero attached hydrogens (tertiary/aromatic N) is 3. The third-order valence-corrected chi connectivity index (χ3v) is 5.04. The van der Waals surface area contributed by atoms with E-state index >= 15 is 0 Å². The molecular weight excluding hydrogens is 380 g/mol. The molecule has 1 aromatic carbocycles. The van der Waals surface area contributed by atoms with E-state index in [0.29, 0.717) is 28.8 Å². The van der Waals surface area contributed by atoms with Gasteiger partial charge >= 0.3 is 0 Å². The summed E-state index contributed by atoms with van der Waals surface area (Å²) in [7, 11) is 3.17. The summed E-state index contributed by atoms with van der Waals surface area (Å²) < 4.78 is 15.8. The number of ether oxygens (including phenoxy) is 2. The summed E-state index contributed by atoms with van der Waals surface area (Å²) in [6.45, 7) is 0. The van der Waals surface area contributed by atoms with E-state index in [1.54, 1.807) is 26.4 Å². The lowest BCUT2D eigenvalue weighted by atomic mass is 10.1. The van der Waals surface area contributed by atoms with Gasteiger partial charge in [0.2, 0.25) is 5.17 Å². The highest BCUT2D eigenvalue weighted by molar-refractivity contribution is 8.26. The summed E-state index contributed by atoms with van der Waals surface area (Å²) in [5.41, 5.74) is 1.10. The van der Waals surface area contributed by atoms with Crippen molar-refractivity contribution in [2.45, 2.75) is 6.42 Å². The van der Waals surface area contributed by atoms with Crippen molar-refractivity contribution in [2.24, 2.45) is 10.1 Å². The number of nitrogens with one attached hydrogen (secondary N) is 1. The van der Waals surface area contributed by atoms with Gasteiger partial charge in [0.15, 0.2) is 17.3 Å². The van der Waals surface area contributed by atoms with E-state index < -0.39 is 5.91 Å². The number of hydrogen-bond donors (Lipinski definition) is 1. The Morgan fingerprint density at radius 1 is 1.25 bits per heavy atom. The number of amidine groups is 2. The van der Waals surface area contributed by atoms with Crippen LogP contribution in [0.15, 0.2) is 56.7 Å². The third kappa shape index (κ3) is 3.31. The maximum Gasteiger partial charge on any atom is 0.283 e. The Labute approximate surface area is 165 Å². The number of furan rings is 1. The molecule has 0 aliphatic carbocycles. The van der Waals surface area contributed by atoms with E-state index in [9.17, 15) is 4.79 Å². The van der Waals surface area contributed by atoms with Crippen LogP contribution < -0.4 is 9.47 Å². The molecule has 0 saturated heterocycles. The van der Waals surface area contributed by atoms with Gasteiger partial charge in [-0.3, -0.25) is 10.2 Å². The Morgan fingerprint density at radius 3 is 2.79 bits per heavy atom. The Bertz CT molecular complexity index is 1040. The summed E-state index contributed by atoms with van der Waals surface area (Å²) >= 11 is 1.27. The van der Waals surface area contributed by atoms with Gasteiger partial charge in [-0.25, -0.2) is 0 Å². The second-order valence-electron chi connectivity index (χ2n) is 5.90. The van der Waals surface area contributed by atoms with Crippen molar-refractivity contribution >= 4 is 39.8 Å². The van der Waals surface area contributed by atoms with E-state index in [0.717, 1.165) is 10.6 Å². The largest absolute Gasteiger partial charge is 0.493 e. The quantitative estimate of drug-likeness (QED) is 0.779. The van der Waals surface area contributed by atoms with Crippen LogP contribution in [0.1, 0.15) is 11.3 Å². The Hall–Kier alpha value is -3.33. The molecule has 1 N–H and O–H groups in total. The molecule has 142 valence electrons. The number of hydrogen-bond acceptors (Lipinski definition) is 7. The highest BCUT2D eigenvalue weighted by Gasteiger charge is 2.35. The van der Waals surface area contributed by atoms with E-state index in [1.807, 2.05) is 18.2 Å². The molecule has 1 aromatic heterocycles. The molecule has 2 aliphatic heterocycles. The zero-order valence-electron chi connectivity index (χ0n) is 15.1. The van der Waals surface area contributed by atoms with Gasteiger partial charge in [0.05, 0.1) is 26.1 Å². The molecular formula is C19H16N4O4S. The van der Waals surface area contributed by atoms with Gasteiger partial charge in [-0.1, -0.05) is 6.07 Å². The van der Waals surface area contributed by atoms with Crippen LogP contribution in [-0.2, 0) is 11.2 Å². The summed E-state index contributed by atoms with van der Waals surface area (Å²) in [5.74, 6) is 1.25. The Morgan fingerprint density at radius 2 is 2.07 bits per heavy atom. The fourth-order valence-corrected chi connectivity index (χ4v) is 3.70. The van der Waals surface area contributed by atoms with Crippen molar-refractivity contribution in [2.75, 3.05) is 14.2 Å². The molecule has 3 heterocycles. The van der Waals surface area contributed by atoms with Crippen LogP contribution in [0.25, 0.3) is 6.08 Å². The zero-order chi connectivity index (χ0) is 19.7. The van der Waals surface area contributed by atoms with Gasteiger partial charge in [-0.15, -0.1) is 0 Å². The fourth-order valence-electron chi connectivity index (χ4n) is 2.78. The van der Waals surface area contributed by atoms with Crippen molar-refractivity contribution in [3.05, 3.63) is 53.5 Å². The number of aliphatic imine (C=N–C) groups is 1. The second-order valence-corrected chi connectivity index (χ2v) is 6.94. The van der Waals surface area contributed by atoms with Crippen molar-refractivity contribution in [1.82, 2.24) is 5.01 Å². The predicted molar refractivity (Wildman–Crippen MR) is 107 cm³/mol. The van der Waals surface area contributed by atoms with Gasteiger partial charge in [-0.05, 0) is 47.7 Å². The smallest absolute Gasteiger partial charge is 0.283 e. The SMILES string of the molecule is COc1ccc(CC2=NN3C(=N)C(=Cc4ccco4)C(=O)N=C3S2)cc1OC. The molecule has 2 aliphatic rings. The first-order chi connectivity index (χ1) is 13.6. The minimum absolute atomic E-state index is 0.0267. The average Bonchev–Trinajstić information content (AvgIpc) is 3.34. The van der Waals surface area contributed by atoms with Crippen molar-refractivity contribution < 1.29 is 18.7 Å². The summed E-state index contributed by atoms with van der Waals surface area (Å²) in [6.07, 6.45) is 3.51. The topological polar surface area (TPSA) is 100 Å². The van der Waals surface area contributed by atoms with Crippen molar-refractivity contribution in [3.8, 4) is 11.5 Å². The van der Waals surface area contributed by atoms with E-state index in [1.165, 1.54) is 29.1 Å². The molecule has 8 nitrogen and oxygen atoms in total. The van der Waals surface area contributed by atoms with Gasteiger partial charge in [0, 0.05) is 6.42 Å². The summed E-state index contributed by atoms with van der Waals surface area (Å²) in [4.78, 5) is 16.4. The standard InChI is InChI=1S/C19H16N4O4S/c1-25-14-6-5-11(8-15(14)26-2)9-16-22-23-17(20)13(10-12-4-3-7-27-12)18(24)21-19(23)28-16/h3-8,10,20H,9H2,1-2H3. The van der Waals surface area contributed by atoms with Crippen molar-refractivity contribution in [3.63, 3.8) is 0 Å². The lowest BCUT2D eigenvalue weighted by Gasteiger charge is -2.19. The number of thioether (sulfide) groups is 1. The molecule has 0 saturated carbocycles. The Kier molecular flexibility index (Phi) is 4.74. The molecule has 0 bridgehead atoms. The van der Waals surface area contributed by atoms with Crippen LogP contribution in [0.5, 0.6) is 11.5 Å². The molecule has 4 rings (SSSR count). The predicted octanol–water partition coefficient (Wildman–Crippen LogP) is 3.16. The van der Waals surface area contributed by atoms with Gasteiger partial charge in [0.1, 0.15) is 10.8 Å². The number of fused-ring (bicyclic) bond motifs is 1. The number of amides is 1. The number of carbonyl (C=O) groups is 1. The molecule has 0 radical (unpaired) electrons. The Balaban J connectivity index is 1.58. The first-order valence-corrected chi connectivity index (χ1v) is 9.14. The molecule has 0 spiro atoms. The van der Waals surface area contributed by atoms with E-state index in [-0.39, 0.29) is 11.4 Å². The minimum atomic E-state index is -0.484. The highest BCUT2D eigenvalue weighted by Crippen LogP contribution is 2.32. The molecule has 0 atom stereocenters. The molecule has 0 fully saturated rings. The van der Waals surface area contributed by atoms with E-state index in [4.69, 9.17) is 19.3 Å². The van der Waals surface area contributed by atoms with Crippen molar-refractivity contribution in [1.29, 1.82) is 5.41 Å².